The lowest BCUT2D eigenvalue weighted by molar-refractivity contribution is -0.123. The van der Waals surface area contributed by atoms with Gasteiger partial charge in [-0.05, 0) is 18.4 Å². The van der Waals surface area contributed by atoms with Gasteiger partial charge in [0.25, 0.3) is 11.8 Å². The van der Waals surface area contributed by atoms with Crippen LogP contribution in [0.3, 0.4) is 0 Å². The molecule has 0 saturated heterocycles. The van der Waals surface area contributed by atoms with E-state index in [1.54, 1.807) is 5.38 Å². The number of esters is 1. The topological polar surface area (TPSA) is 137 Å². The smallest absolute Gasteiger partial charge is 0.359 e. The summed E-state index contributed by atoms with van der Waals surface area (Å²) in [4.78, 5) is 39.3. The third-order valence-electron chi connectivity index (χ3n) is 3.09. The maximum atomic E-state index is 12.2. The highest BCUT2D eigenvalue weighted by molar-refractivity contribution is 7.14. The number of anilines is 2. The van der Waals surface area contributed by atoms with E-state index in [1.807, 2.05) is 0 Å². The minimum Gasteiger partial charge on any atom is -0.448 e. The molecule has 5 N–H and O–H groups in total. The number of amides is 2. The zero-order valence-electron chi connectivity index (χ0n) is 13.0. The van der Waals surface area contributed by atoms with E-state index < -0.39 is 23.9 Å². The van der Waals surface area contributed by atoms with Crippen molar-refractivity contribution in [1.29, 1.82) is 0 Å². The second kappa shape index (κ2) is 8.09. The molecule has 12 heteroatoms. The number of thiophene rings is 1. The zero-order valence-corrected chi connectivity index (χ0v) is 16.1. The number of halogens is 3. The van der Waals surface area contributed by atoms with Gasteiger partial charge in [0.05, 0.1) is 16.3 Å². The van der Waals surface area contributed by atoms with Crippen LogP contribution in [-0.2, 0) is 9.53 Å². The fourth-order valence-electron chi connectivity index (χ4n) is 1.75. The second-order valence-corrected chi connectivity index (χ2v) is 6.89. The number of rotatable bonds is 5. The largest absolute Gasteiger partial charge is 0.448 e. The van der Waals surface area contributed by atoms with Crippen molar-refractivity contribution in [1.82, 2.24) is 4.98 Å². The highest BCUT2D eigenvalue weighted by atomic mass is 35.5. The zero-order chi connectivity index (χ0) is 19.6. The van der Waals surface area contributed by atoms with Gasteiger partial charge in [0, 0.05) is 0 Å². The van der Waals surface area contributed by atoms with E-state index in [9.17, 15) is 14.4 Å². The summed E-state index contributed by atoms with van der Waals surface area (Å²) in [5.74, 6) is -2.41. The highest BCUT2D eigenvalue weighted by Crippen LogP contribution is 2.34. The molecule has 0 saturated carbocycles. The molecule has 0 spiro atoms. The summed E-state index contributed by atoms with van der Waals surface area (Å²) in [5, 5.41) is 3.69. The first-order chi connectivity index (χ1) is 12.1. The van der Waals surface area contributed by atoms with Crippen LogP contribution >= 0.6 is 46.1 Å². The molecule has 2 aromatic rings. The van der Waals surface area contributed by atoms with Crippen molar-refractivity contribution in [3.63, 3.8) is 0 Å². The number of carbonyl (C=O) groups excluding carboxylic acids is 3. The predicted octanol–water partition coefficient (Wildman–Crippen LogP) is 2.97. The maximum Gasteiger partial charge on any atom is 0.359 e. The Bertz CT molecular complexity index is 903. The molecule has 0 radical (unpaired) electrons. The second-order valence-electron chi connectivity index (χ2n) is 4.86. The number of nitrogens with two attached hydrogens (primary N) is 2. The van der Waals surface area contributed by atoms with Gasteiger partial charge in [0.15, 0.2) is 17.0 Å². The number of aromatic nitrogens is 1. The molecule has 0 aliphatic rings. The molecule has 2 amide bonds. The molecule has 26 heavy (non-hydrogen) atoms. The normalized spacial score (nSPS) is 11.7. The summed E-state index contributed by atoms with van der Waals surface area (Å²) < 4.78 is 5.01. The summed E-state index contributed by atoms with van der Waals surface area (Å²) >= 11 is 18.6. The Kier molecular flexibility index (Phi) is 6.30. The number of carbonyl (C=O) groups is 3. The molecule has 0 bridgehead atoms. The van der Waals surface area contributed by atoms with Gasteiger partial charge in [-0.25, -0.2) is 9.78 Å². The summed E-state index contributed by atoms with van der Waals surface area (Å²) in [6, 6.07) is 1.46. The lowest BCUT2D eigenvalue weighted by Gasteiger charge is -2.14. The maximum absolute atomic E-state index is 12.2. The van der Waals surface area contributed by atoms with Crippen molar-refractivity contribution in [3.05, 3.63) is 37.9 Å². The molecule has 0 fully saturated rings. The molecule has 138 valence electrons. The number of nitrogen functional groups attached to an aromatic ring is 1. The summed E-state index contributed by atoms with van der Waals surface area (Å²) in [6.45, 7) is 1.32. The number of pyridine rings is 1. The van der Waals surface area contributed by atoms with Crippen LogP contribution in [0.15, 0.2) is 11.4 Å². The predicted molar refractivity (Wildman–Crippen MR) is 100 cm³/mol. The summed E-state index contributed by atoms with van der Waals surface area (Å²) in [6.07, 6.45) is -1.24. The van der Waals surface area contributed by atoms with Crippen molar-refractivity contribution in [2.45, 2.75) is 13.0 Å². The van der Waals surface area contributed by atoms with Gasteiger partial charge >= 0.3 is 5.97 Å². The quantitative estimate of drug-likeness (QED) is 0.485. The molecule has 2 aromatic heterocycles. The number of nitrogens with one attached hydrogen (secondary N) is 1. The molecular weight excluding hydrogens is 427 g/mol. The summed E-state index contributed by atoms with van der Waals surface area (Å²) in [5.41, 5.74) is 10.5. The Hall–Kier alpha value is -2.07. The fraction of sp³-hybridized carbons (Fsp3) is 0.143. The third-order valence-corrected chi connectivity index (χ3v) is 5.05. The lowest BCUT2D eigenvalue weighted by atomic mass is 10.3. The molecule has 0 aliphatic heterocycles. The van der Waals surface area contributed by atoms with Gasteiger partial charge in [0.2, 0.25) is 0 Å². The van der Waals surface area contributed by atoms with Gasteiger partial charge in [-0.15, -0.1) is 11.3 Å². The first-order valence-corrected chi connectivity index (χ1v) is 8.84. The van der Waals surface area contributed by atoms with Crippen molar-refractivity contribution in [3.8, 4) is 0 Å². The Labute approximate surface area is 166 Å². The molecule has 2 rings (SSSR count). The van der Waals surface area contributed by atoms with Crippen molar-refractivity contribution >= 4 is 74.6 Å². The third kappa shape index (κ3) is 4.18. The number of ether oxygens (including phenoxy) is 1. The number of nitrogens with zero attached hydrogens (tertiary/aromatic N) is 1. The van der Waals surface area contributed by atoms with Gasteiger partial charge in [-0.3, -0.25) is 9.59 Å². The lowest BCUT2D eigenvalue weighted by Crippen LogP contribution is -2.30. The Balaban J connectivity index is 2.13. The molecule has 0 aliphatic carbocycles. The Morgan fingerprint density at radius 2 is 1.92 bits per heavy atom. The van der Waals surface area contributed by atoms with Gasteiger partial charge < -0.3 is 21.5 Å². The van der Waals surface area contributed by atoms with E-state index in [4.69, 9.17) is 51.0 Å². The average molecular weight is 438 g/mol. The first-order valence-electron chi connectivity index (χ1n) is 6.82. The number of hydrogen-bond acceptors (Lipinski definition) is 7. The fourth-order valence-corrected chi connectivity index (χ4v) is 3.13. The molecule has 8 nitrogen and oxygen atoms in total. The SMILES string of the molecule is CC(OC(=O)c1nc(Cl)c(Cl)c(N)c1Cl)C(=O)Nc1sccc1C(N)=O. The standard InChI is InChI=1S/C14H11Cl3N4O4S/c1-4(12(23)21-13-5(11(19)22)2-3-26-13)25-14(24)9-6(15)8(18)7(16)10(17)20-9/h2-4H,1H3,(H2,18,20)(H2,19,22)(H,21,23). The number of primary amides is 1. The number of hydrogen-bond donors (Lipinski definition) is 3. The van der Waals surface area contributed by atoms with Gasteiger partial charge in [-0.2, -0.15) is 0 Å². The molecular formula is C14H11Cl3N4O4S. The van der Waals surface area contributed by atoms with Crippen LogP contribution in [0.2, 0.25) is 15.2 Å². The molecule has 0 aromatic carbocycles. The van der Waals surface area contributed by atoms with Crippen LogP contribution in [-0.4, -0.2) is 28.9 Å². The molecule has 2 heterocycles. The van der Waals surface area contributed by atoms with Crippen LogP contribution in [0.25, 0.3) is 0 Å². The van der Waals surface area contributed by atoms with Crippen molar-refractivity contribution in [2.24, 2.45) is 5.73 Å². The minimum atomic E-state index is -1.24. The highest BCUT2D eigenvalue weighted by Gasteiger charge is 2.25. The van der Waals surface area contributed by atoms with Crippen LogP contribution in [0.5, 0.6) is 0 Å². The van der Waals surface area contributed by atoms with Crippen LogP contribution in [0, 0.1) is 0 Å². The van der Waals surface area contributed by atoms with E-state index in [1.165, 1.54) is 13.0 Å². The van der Waals surface area contributed by atoms with E-state index >= 15 is 0 Å². The minimum absolute atomic E-state index is 0.101. The first kappa shape index (κ1) is 20.2. The average Bonchev–Trinajstić information content (AvgIpc) is 3.04. The molecule has 1 unspecified atom stereocenters. The van der Waals surface area contributed by atoms with Crippen molar-refractivity contribution < 1.29 is 19.1 Å². The van der Waals surface area contributed by atoms with Gasteiger partial charge in [0.1, 0.15) is 10.0 Å². The van der Waals surface area contributed by atoms with Crippen LogP contribution in [0.1, 0.15) is 27.8 Å². The van der Waals surface area contributed by atoms with Crippen LogP contribution in [0.4, 0.5) is 10.7 Å². The molecule has 1 atom stereocenters. The van der Waals surface area contributed by atoms with Crippen LogP contribution < -0.4 is 16.8 Å². The van der Waals surface area contributed by atoms with E-state index in [0.717, 1.165) is 11.3 Å². The van der Waals surface area contributed by atoms with Gasteiger partial charge in [-0.1, -0.05) is 34.8 Å². The van der Waals surface area contributed by atoms with E-state index in [-0.39, 0.29) is 37.1 Å². The Morgan fingerprint density at radius 1 is 1.27 bits per heavy atom. The van der Waals surface area contributed by atoms with E-state index in [0.29, 0.717) is 0 Å². The Morgan fingerprint density at radius 3 is 2.54 bits per heavy atom. The van der Waals surface area contributed by atoms with Crippen molar-refractivity contribution in [2.75, 3.05) is 11.1 Å². The monoisotopic (exact) mass is 436 g/mol. The summed E-state index contributed by atoms with van der Waals surface area (Å²) in [7, 11) is 0. The van der Waals surface area contributed by atoms with E-state index in [2.05, 4.69) is 10.3 Å².